The molecular formula is C29H30ClN5O4. The summed E-state index contributed by atoms with van der Waals surface area (Å²) in [5.41, 5.74) is 2.29. The molecule has 5 rings (SSSR count). The van der Waals surface area contributed by atoms with Crippen molar-refractivity contribution >= 4 is 39.9 Å². The summed E-state index contributed by atoms with van der Waals surface area (Å²) in [5, 5.41) is 4.54. The van der Waals surface area contributed by atoms with Gasteiger partial charge in [0.05, 0.1) is 28.2 Å². The Kier molecular flexibility index (Phi) is 8.70. The molecule has 202 valence electrons. The van der Waals surface area contributed by atoms with Gasteiger partial charge in [-0.25, -0.2) is 9.97 Å². The van der Waals surface area contributed by atoms with Gasteiger partial charge in [-0.3, -0.25) is 9.78 Å². The lowest BCUT2D eigenvalue weighted by molar-refractivity contribution is -0.133. The molecule has 1 saturated heterocycles. The van der Waals surface area contributed by atoms with Gasteiger partial charge in [0.25, 0.3) is 0 Å². The van der Waals surface area contributed by atoms with Crippen LogP contribution in [-0.4, -0.2) is 58.2 Å². The topological polar surface area (TPSA) is 98.7 Å². The number of ether oxygens (including phenoxy) is 3. The van der Waals surface area contributed by atoms with Gasteiger partial charge in [-0.05, 0) is 55.3 Å². The van der Waals surface area contributed by atoms with E-state index in [1.165, 1.54) is 6.33 Å². The number of carbonyl (C=O) groups excluding carboxylic acids is 1. The summed E-state index contributed by atoms with van der Waals surface area (Å²) in [7, 11) is 0. The van der Waals surface area contributed by atoms with Crippen molar-refractivity contribution in [2.45, 2.75) is 32.4 Å². The number of carbonyl (C=O) groups is 1. The number of pyridine rings is 1. The smallest absolute Gasteiger partial charge is 0.219 e. The number of nitrogens with zero attached hydrogens (tertiary/aromatic N) is 4. The van der Waals surface area contributed by atoms with Crippen LogP contribution in [0, 0.1) is 0 Å². The molecule has 1 fully saturated rings. The highest BCUT2D eigenvalue weighted by Gasteiger charge is 2.23. The first-order valence-corrected chi connectivity index (χ1v) is 13.3. The molecule has 1 aliphatic rings. The maximum absolute atomic E-state index is 12.3. The van der Waals surface area contributed by atoms with E-state index in [9.17, 15) is 4.79 Å². The highest BCUT2D eigenvalue weighted by atomic mass is 35.5. The van der Waals surface area contributed by atoms with Crippen LogP contribution in [0.3, 0.4) is 0 Å². The van der Waals surface area contributed by atoms with Crippen molar-refractivity contribution in [2.75, 3.05) is 31.7 Å². The first kappa shape index (κ1) is 26.6. The zero-order chi connectivity index (χ0) is 27.0. The van der Waals surface area contributed by atoms with Crippen LogP contribution in [0.2, 0.25) is 5.02 Å². The maximum Gasteiger partial charge on any atom is 0.219 e. The molecule has 1 aliphatic heterocycles. The highest BCUT2D eigenvalue weighted by molar-refractivity contribution is 6.32. The molecule has 1 N–H and O–H groups in total. The van der Waals surface area contributed by atoms with E-state index >= 15 is 0 Å². The van der Waals surface area contributed by atoms with Gasteiger partial charge >= 0.3 is 0 Å². The van der Waals surface area contributed by atoms with Gasteiger partial charge in [0.1, 0.15) is 36.9 Å². The summed E-state index contributed by atoms with van der Waals surface area (Å²) < 4.78 is 17.5. The Morgan fingerprint density at radius 1 is 1.05 bits per heavy atom. The number of fused-ring (bicyclic) bond motifs is 1. The fourth-order valence-corrected chi connectivity index (χ4v) is 4.84. The summed E-state index contributed by atoms with van der Waals surface area (Å²) in [6, 6.07) is 17.0. The van der Waals surface area contributed by atoms with Crippen molar-refractivity contribution in [3.8, 4) is 11.5 Å². The first-order valence-electron chi connectivity index (χ1n) is 12.9. The molecule has 0 bridgehead atoms. The maximum atomic E-state index is 12.3. The fraction of sp³-hybridized carbons (Fsp3) is 0.310. The normalized spacial score (nSPS) is 13.7. The van der Waals surface area contributed by atoms with Gasteiger partial charge in [0.2, 0.25) is 5.91 Å². The van der Waals surface area contributed by atoms with E-state index in [1.54, 1.807) is 25.3 Å². The minimum absolute atomic E-state index is 0.0402. The summed E-state index contributed by atoms with van der Waals surface area (Å²) >= 11 is 6.52. The first-order chi connectivity index (χ1) is 19.1. The Morgan fingerprint density at radius 3 is 2.69 bits per heavy atom. The third kappa shape index (κ3) is 6.74. The number of anilines is 2. The molecule has 0 atom stereocenters. The predicted molar refractivity (Wildman–Crippen MR) is 150 cm³/mol. The zero-order valence-electron chi connectivity index (χ0n) is 21.7. The lowest BCUT2D eigenvalue weighted by atomic mass is 10.1. The second-order valence-corrected chi connectivity index (χ2v) is 9.56. The summed E-state index contributed by atoms with van der Waals surface area (Å²) in [6.07, 6.45) is 4.91. The number of rotatable bonds is 10. The molecule has 0 radical (unpaired) electrons. The van der Waals surface area contributed by atoms with Crippen molar-refractivity contribution in [1.82, 2.24) is 19.9 Å². The Hall–Kier alpha value is -3.95. The van der Waals surface area contributed by atoms with E-state index in [1.807, 2.05) is 47.4 Å². The van der Waals surface area contributed by atoms with Gasteiger partial charge in [0, 0.05) is 38.1 Å². The summed E-state index contributed by atoms with van der Waals surface area (Å²) in [6.45, 7) is 4.10. The molecule has 0 saturated carbocycles. The quantitative estimate of drug-likeness (QED) is 0.281. The van der Waals surface area contributed by atoms with Crippen LogP contribution in [0.4, 0.5) is 11.5 Å². The monoisotopic (exact) mass is 547 g/mol. The summed E-state index contributed by atoms with van der Waals surface area (Å²) in [5.74, 6) is 1.82. The number of nitrogens with one attached hydrogen (secondary N) is 1. The molecular weight excluding hydrogens is 518 g/mol. The molecule has 2 aromatic heterocycles. The molecule has 1 amide bonds. The van der Waals surface area contributed by atoms with Crippen LogP contribution >= 0.6 is 11.6 Å². The molecule has 0 unspecified atom stereocenters. The average Bonchev–Trinajstić information content (AvgIpc) is 2.96. The van der Waals surface area contributed by atoms with E-state index < -0.39 is 0 Å². The van der Waals surface area contributed by atoms with Crippen molar-refractivity contribution in [1.29, 1.82) is 0 Å². The van der Waals surface area contributed by atoms with Crippen molar-refractivity contribution in [3.63, 3.8) is 0 Å². The Morgan fingerprint density at radius 2 is 1.92 bits per heavy atom. The number of benzene rings is 2. The fourth-order valence-electron chi connectivity index (χ4n) is 4.61. The molecule has 10 heteroatoms. The lowest BCUT2D eigenvalue weighted by Gasteiger charge is -2.33. The van der Waals surface area contributed by atoms with Crippen LogP contribution in [0.15, 0.2) is 67.1 Å². The molecule has 2 aromatic carbocycles. The van der Waals surface area contributed by atoms with Crippen LogP contribution in [0.5, 0.6) is 11.5 Å². The number of hydrogen-bond donors (Lipinski definition) is 1. The SMILES string of the molecule is CC(=O)N(CCOc1cccc2ncnc(Nc3ccc(OCc4ccccn4)c(Cl)c3)c12)C1CCOCC1. The van der Waals surface area contributed by atoms with E-state index in [4.69, 9.17) is 25.8 Å². The Labute approximate surface area is 232 Å². The molecule has 0 spiro atoms. The number of amides is 1. The van der Waals surface area contributed by atoms with E-state index in [0.29, 0.717) is 55.3 Å². The van der Waals surface area contributed by atoms with Crippen LogP contribution in [0.25, 0.3) is 10.9 Å². The van der Waals surface area contributed by atoms with Gasteiger partial charge in [-0.2, -0.15) is 0 Å². The van der Waals surface area contributed by atoms with Crippen molar-refractivity contribution < 1.29 is 19.0 Å². The van der Waals surface area contributed by atoms with E-state index in [2.05, 4.69) is 20.3 Å². The second kappa shape index (κ2) is 12.7. The van der Waals surface area contributed by atoms with E-state index in [-0.39, 0.29) is 11.9 Å². The third-order valence-corrected chi connectivity index (χ3v) is 6.84. The predicted octanol–water partition coefficient (Wildman–Crippen LogP) is 5.41. The largest absolute Gasteiger partial charge is 0.491 e. The van der Waals surface area contributed by atoms with Crippen molar-refractivity contribution in [2.24, 2.45) is 0 Å². The molecule has 3 heterocycles. The molecule has 0 aliphatic carbocycles. The number of hydrogen-bond acceptors (Lipinski definition) is 8. The van der Waals surface area contributed by atoms with Crippen LogP contribution in [-0.2, 0) is 16.1 Å². The van der Waals surface area contributed by atoms with Gasteiger partial charge in [-0.1, -0.05) is 23.7 Å². The zero-order valence-corrected chi connectivity index (χ0v) is 22.4. The van der Waals surface area contributed by atoms with Gasteiger partial charge < -0.3 is 24.4 Å². The number of aromatic nitrogens is 3. The standard InChI is InChI=1S/C29H30ClN5O4/c1-20(36)35(23-10-14-37-15-11-23)13-16-38-27-7-4-6-25-28(27)29(33-19-32-25)34-21-8-9-26(24(30)17-21)39-18-22-5-2-3-12-31-22/h2-9,12,17,19,23H,10-11,13-16,18H2,1H3,(H,32,33,34). The highest BCUT2D eigenvalue weighted by Crippen LogP contribution is 2.34. The second-order valence-electron chi connectivity index (χ2n) is 9.16. The molecule has 39 heavy (non-hydrogen) atoms. The lowest BCUT2D eigenvalue weighted by Crippen LogP contribution is -2.44. The molecule has 4 aromatic rings. The minimum Gasteiger partial charge on any atom is -0.491 e. The third-order valence-electron chi connectivity index (χ3n) is 6.55. The number of halogens is 1. The molecule has 9 nitrogen and oxygen atoms in total. The Bertz CT molecular complexity index is 1410. The van der Waals surface area contributed by atoms with Crippen molar-refractivity contribution in [3.05, 3.63) is 77.8 Å². The van der Waals surface area contributed by atoms with Gasteiger partial charge in [-0.15, -0.1) is 0 Å². The Balaban J connectivity index is 1.29. The van der Waals surface area contributed by atoms with Crippen LogP contribution in [0.1, 0.15) is 25.5 Å². The van der Waals surface area contributed by atoms with E-state index in [0.717, 1.165) is 35.1 Å². The van der Waals surface area contributed by atoms with Crippen LogP contribution < -0.4 is 14.8 Å². The minimum atomic E-state index is 0.0402. The van der Waals surface area contributed by atoms with Gasteiger partial charge in [0.15, 0.2) is 0 Å². The average molecular weight is 548 g/mol. The summed E-state index contributed by atoms with van der Waals surface area (Å²) in [4.78, 5) is 27.3.